The number of piperazine rings is 1. The first-order valence-electron chi connectivity index (χ1n) is 13.7. The fourth-order valence-corrected chi connectivity index (χ4v) is 7.36. The van der Waals surface area contributed by atoms with Crippen molar-refractivity contribution in [3.05, 3.63) is 101 Å². The molecule has 6 heteroatoms. The van der Waals surface area contributed by atoms with Gasteiger partial charge in [-0.2, -0.15) is 0 Å². The van der Waals surface area contributed by atoms with Crippen molar-refractivity contribution in [1.82, 2.24) is 9.80 Å². The Morgan fingerprint density at radius 3 is 1.63 bits per heavy atom. The number of hydrogen-bond donors (Lipinski definition) is 0. The van der Waals surface area contributed by atoms with Gasteiger partial charge in [-0.1, -0.05) is 66.7 Å². The van der Waals surface area contributed by atoms with Gasteiger partial charge in [0, 0.05) is 56.7 Å². The maximum absolute atomic E-state index is 13.7. The summed E-state index contributed by atoms with van der Waals surface area (Å²) in [6, 6.07) is 26.9. The lowest BCUT2D eigenvalue weighted by Gasteiger charge is -2.45. The molecule has 38 heavy (non-hydrogen) atoms. The molecule has 8 rings (SSSR count). The van der Waals surface area contributed by atoms with E-state index in [0.717, 1.165) is 13.1 Å². The van der Waals surface area contributed by atoms with E-state index in [0.29, 0.717) is 32.5 Å². The molecule has 3 aromatic rings. The monoisotopic (exact) mass is 505 g/mol. The highest BCUT2D eigenvalue weighted by Crippen LogP contribution is 2.60. The third-order valence-corrected chi connectivity index (χ3v) is 9.07. The van der Waals surface area contributed by atoms with Crippen LogP contribution in [0, 0.1) is 11.8 Å². The molecule has 0 aromatic heterocycles. The molecule has 0 spiro atoms. The first-order chi connectivity index (χ1) is 18.6. The van der Waals surface area contributed by atoms with Crippen LogP contribution in [0.4, 0.5) is 5.69 Å². The lowest BCUT2D eigenvalue weighted by molar-refractivity contribution is -0.141. The fraction of sp³-hybridized carbons (Fsp3) is 0.344. The number of likely N-dealkylation sites (tertiary alicyclic amines) is 1. The maximum atomic E-state index is 13.7. The van der Waals surface area contributed by atoms with Crippen molar-refractivity contribution < 1.29 is 14.4 Å². The van der Waals surface area contributed by atoms with Crippen LogP contribution in [0.25, 0.3) is 0 Å². The second kappa shape index (κ2) is 9.12. The molecule has 0 N–H and O–H groups in total. The Morgan fingerprint density at radius 2 is 1.13 bits per heavy atom. The smallest absolute Gasteiger partial charge is 0.234 e. The van der Waals surface area contributed by atoms with Crippen LogP contribution in [0.1, 0.15) is 46.9 Å². The zero-order chi connectivity index (χ0) is 25.8. The van der Waals surface area contributed by atoms with Crippen molar-refractivity contribution in [3.8, 4) is 0 Å². The Labute approximate surface area is 222 Å². The Hall–Kier alpha value is -3.93. The van der Waals surface area contributed by atoms with Gasteiger partial charge in [0.1, 0.15) is 0 Å². The Morgan fingerprint density at radius 1 is 0.658 bits per heavy atom. The highest BCUT2D eigenvalue weighted by Gasteiger charge is 2.61. The summed E-state index contributed by atoms with van der Waals surface area (Å²) in [5, 5.41) is 0. The summed E-state index contributed by atoms with van der Waals surface area (Å²) < 4.78 is 0. The summed E-state index contributed by atoms with van der Waals surface area (Å²) in [5.41, 5.74) is 5.93. The SMILES string of the molecule is O=C(CCCN1C(=O)C2C3c4ccccc4C(c4ccccc43)C2C1=O)N1CCN(c2ccccc2)CC1. The van der Waals surface area contributed by atoms with Crippen LogP contribution in [0.3, 0.4) is 0 Å². The van der Waals surface area contributed by atoms with E-state index in [1.165, 1.54) is 32.8 Å². The molecule has 2 aliphatic heterocycles. The van der Waals surface area contributed by atoms with Crippen LogP contribution in [0.5, 0.6) is 0 Å². The Bertz CT molecular complexity index is 1300. The molecular formula is C32H31N3O3. The van der Waals surface area contributed by atoms with Crippen LogP contribution in [0.15, 0.2) is 78.9 Å². The first kappa shape index (κ1) is 23.2. The number of benzene rings is 3. The van der Waals surface area contributed by atoms with Gasteiger partial charge in [0.2, 0.25) is 17.7 Å². The number of hydrogen-bond acceptors (Lipinski definition) is 4. The number of amides is 3. The van der Waals surface area contributed by atoms with Gasteiger partial charge in [-0.25, -0.2) is 0 Å². The van der Waals surface area contributed by atoms with E-state index in [1.54, 1.807) is 0 Å². The van der Waals surface area contributed by atoms with E-state index in [-0.39, 0.29) is 41.4 Å². The molecule has 2 fully saturated rings. The highest BCUT2D eigenvalue weighted by atomic mass is 16.2. The summed E-state index contributed by atoms with van der Waals surface area (Å²) in [6.07, 6.45) is 0.856. The van der Waals surface area contributed by atoms with Crippen LogP contribution in [-0.2, 0) is 14.4 Å². The molecule has 0 saturated carbocycles. The van der Waals surface area contributed by atoms with Gasteiger partial charge in [-0.3, -0.25) is 19.3 Å². The van der Waals surface area contributed by atoms with Gasteiger partial charge >= 0.3 is 0 Å². The zero-order valence-corrected chi connectivity index (χ0v) is 21.3. The number of para-hydroxylation sites is 1. The average molecular weight is 506 g/mol. The molecule has 2 unspecified atom stereocenters. The molecule has 2 heterocycles. The van der Waals surface area contributed by atoms with E-state index in [4.69, 9.17) is 0 Å². The van der Waals surface area contributed by atoms with Gasteiger partial charge in [0.15, 0.2) is 0 Å². The van der Waals surface area contributed by atoms with E-state index >= 15 is 0 Å². The Kier molecular flexibility index (Phi) is 5.57. The lowest BCUT2D eigenvalue weighted by atomic mass is 9.55. The first-order valence-corrected chi connectivity index (χ1v) is 13.7. The molecule has 6 nitrogen and oxygen atoms in total. The lowest BCUT2D eigenvalue weighted by Crippen LogP contribution is -2.48. The predicted octanol–water partition coefficient (Wildman–Crippen LogP) is 4.01. The van der Waals surface area contributed by atoms with Gasteiger partial charge in [-0.05, 0) is 40.8 Å². The van der Waals surface area contributed by atoms with Gasteiger partial charge in [0.05, 0.1) is 11.8 Å². The Balaban J connectivity index is 1.02. The summed E-state index contributed by atoms with van der Waals surface area (Å²) >= 11 is 0. The number of carbonyl (C=O) groups excluding carboxylic acids is 3. The summed E-state index contributed by atoms with van der Waals surface area (Å²) in [7, 11) is 0. The molecule has 2 saturated heterocycles. The number of anilines is 1. The third kappa shape index (κ3) is 3.50. The largest absolute Gasteiger partial charge is 0.368 e. The normalized spacial score (nSPS) is 25.3. The average Bonchev–Trinajstić information content (AvgIpc) is 3.23. The van der Waals surface area contributed by atoms with Crippen molar-refractivity contribution in [3.63, 3.8) is 0 Å². The molecule has 0 radical (unpaired) electrons. The van der Waals surface area contributed by atoms with Gasteiger partial charge in [-0.15, -0.1) is 0 Å². The molecular weight excluding hydrogens is 474 g/mol. The maximum Gasteiger partial charge on any atom is 0.234 e. The summed E-state index contributed by atoms with van der Waals surface area (Å²) in [5.74, 6) is -0.888. The quantitative estimate of drug-likeness (QED) is 0.492. The van der Waals surface area contributed by atoms with Crippen LogP contribution >= 0.6 is 0 Å². The van der Waals surface area contributed by atoms with Crippen LogP contribution in [-0.4, -0.2) is 60.2 Å². The molecule has 5 aliphatic rings. The van der Waals surface area contributed by atoms with Gasteiger partial charge in [0.25, 0.3) is 0 Å². The molecule has 3 aromatic carbocycles. The van der Waals surface area contributed by atoms with Crippen molar-refractivity contribution >= 4 is 23.4 Å². The minimum absolute atomic E-state index is 0.0667. The highest BCUT2D eigenvalue weighted by molar-refractivity contribution is 6.07. The summed E-state index contributed by atoms with van der Waals surface area (Å²) in [6.45, 7) is 3.32. The second-order valence-corrected chi connectivity index (χ2v) is 10.9. The van der Waals surface area contributed by atoms with Crippen molar-refractivity contribution in [2.24, 2.45) is 11.8 Å². The van der Waals surface area contributed by atoms with E-state index in [9.17, 15) is 14.4 Å². The van der Waals surface area contributed by atoms with Gasteiger partial charge < -0.3 is 9.80 Å². The standard InChI is InChI=1S/C32H31N3O3/c36-26(34-19-17-33(18-20-34)21-9-2-1-3-10-21)15-8-16-35-31(37)29-27-22-11-4-5-12-23(22)28(30(29)32(35)38)25-14-7-6-13-24(25)27/h1-7,9-14,27-30H,8,15-20H2. The number of imide groups is 1. The van der Waals surface area contributed by atoms with Crippen molar-refractivity contribution in [2.45, 2.75) is 24.7 Å². The molecule has 192 valence electrons. The molecule has 3 aliphatic carbocycles. The predicted molar refractivity (Wildman–Crippen MR) is 145 cm³/mol. The van der Waals surface area contributed by atoms with E-state index < -0.39 is 0 Å². The second-order valence-electron chi connectivity index (χ2n) is 10.9. The number of carbonyl (C=O) groups is 3. The fourth-order valence-electron chi connectivity index (χ4n) is 7.36. The van der Waals surface area contributed by atoms with Crippen molar-refractivity contribution in [2.75, 3.05) is 37.6 Å². The number of rotatable bonds is 5. The van der Waals surface area contributed by atoms with Crippen molar-refractivity contribution in [1.29, 1.82) is 0 Å². The number of nitrogens with zero attached hydrogens (tertiary/aromatic N) is 3. The van der Waals surface area contributed by atoms with Crippen LogP contribution in [0.2, 0.25) is 0 Å². The molecule has 2 atom stereocenters. The van der Waals surface area contributed by atoms with E-state index in [1.807, 2.05) is 47.4 Å². The molecule has 3 amide bonds. The minimum Gasteiger partial charge on any atom is -0.368 e. The minimum atomic E-state index is -0.348. The molecule has 2 bridgehead atoms. The topological polar surface area (TPSA) is 60.9 Å². The third-order valence-electron chi connectivity index (χ3n) is 9.07. The zero-order valence-electron chi connectivity index (χ0n) is 21.3. The van der Waals surface area contributed by atoms with Crippen LogP contribution < -0.4 is 4.90 Å². The van der Waals surface area contributed by atoms with E-state index in [2.05, 4.69) is 41.3 Å². The summed E-state index contributed by atoms with van der Waals surface area (Å²) in [4.78, 5) is 46.1.